The first-order valence-electron chi connectivity index (χ1n) is 8.90. The first kappa shape index (κ1) is 19.5. The zero-order valence-electron chi connectivity index (χ0n) is 15.6. The van der Waals surface area contributed by atoms with Gasteiger partial charge in [-0.25, -0.2) is 0 Å². The molecule has 1 saturated carbocycles. The zero-order valence-corrected chi connectivity index (χ0v) is 15.6. The van der Waals surface area contributed by atoms with Gasteiger partial charge >= 0.3 is 0 Å². The Bertz CT molecular complexity index is 544. The number of para-hydroxylation sites is 1. The molecule has 6 nitrogen and oxygen atoms in total. The maximum absolute atomic E-state index is 5.53. The van der Waals surface area contributed by atoms with Gasteiger partial charge in [0.15, 0.2) is 5.96 Å². The van der Waals surface area contributed by atoms with Crippen molar-refractivity contribution in [3.63, 3.8) is 0 Å². The highest BCUT2D eigenvalue weighted by Gasteiger charge is 2.45. The minimum atomic E-state index is 0.160. The SMILES string of the molecule is CN=C(NCCCOCCOC)NCC1(c2ccccc2OC)CC1. The van der Waals surface area contributed by atoms with Gasteiger partial charge in [-0.1, -0.05) is 18.2 Å². The summed E-state index contributed by atoms with van der Waals surface area (Å²) in [4.78, 5) is 4.30. The van der Waals surface area contributed by atoms with E-state index in [0.29, 0.717) is 13.2 Å². The maximum Gasteiger partial charge on any atom is 0.191 e. The summed E-state index contributed by atoms with van der Waals surface area (Å²) >= 11 is 0. The number of aliphatic imine (C=N–C) groups is 1. The highest BCUT2D eigenvalue weighted by Crippen LogP contribution is 2.50. The molecule has 1 fully saturated rings. The standard InChI is InChI=1S/C19H31N3O3/c1-20-18(21-11-6-12-25-14-13-23-2)22-15-19(9-10-19)16-7-4-5-8-17(16)24-3/h4-5,7-8H,6,9-15H2,1-3H3,(H2,20,21,22). The summed E-state index contributed by atoms with van der Waals surface area (Å²) in [6, 6.07) is 8.29. The lowest BCUT2D eigenvalue weighted by molar-refractivity contribution is 0.0698. The Kier molecular flexibility index (Phi) is 8.01. The van der Waals surface area contributed by atoms with Gasteiger partial charge in [0, 0.05) is 44.8 Å². The molecule has 0 unspecified atom stereocenters. The normalized spacial score (nSPS) is 15.7. The van der Waals surface area contributed by atoms with Crippen LogP contribution in [0.15, 0.2) is 29.3 Å². The van der Waals surface area contributed by atoms with Crippen LogP contribution < -0.4 is 15.4 Å². The van der Waals surface area contributed by atoms with Gasteiger partial charge in [0.1, 0.15) is 5.75 Å². The number of hydrogen-bond donors (Lipinski definition) is 2. The highest BCUT2D eigenvalue weighted by molar-refractivity contribution is 5.79. The lowest BCUT2D eigenvalue weighted by Crippen LogP contribution is -2.41. The molecular weight excluding hydrogens is 318 g/mol. The first-order chi connectivity index (χ1) is 12.3. The predicted octanol–water partition coefficient (Wildman–Crippen LogP) is 1.94. The minimum Gasteiger partial charge on any atom is -0.496 e. The molecule has 140 valence electrons. The molecule has 1 aliphatic rings. The molecule has 1 aliphatic carbocycles. The van der Waals surface area contributed by atoms with E-state index in [1.165, 1.54) is 18.4 Å². The molecule has 2 rings (SSSR count). The minimum absolute atomic E-state index is 0.160. The second-order valence-corrected chi connectivity index (χ2v) is 6.29. The van der Waals surface area contributed by atoms with E-state index < -0.39 is 0 Å². The Morgan fingerprint density at radius 3 is 2.60 bits per heavy atom. The van der Waals surface area contributed by atoms with Crippen LogP contribution in [0.25, 0.3) is 0 Å². The van der Waals surface area contributed by atoms with E-state index in [2.05, 4.69) is 27.8 Å². The van der Waals surface area contributed by atoms with E-state index in [0.717, 1.165) is 37.8 Å². The lowest BCUT2D eigenvalue weighted by Gasteiger charge is -2.21. The fourth-order valence-corrected chi connectivity index (χ4v) is 2.87. The molecule has 0 atom stereocenters. The zero-order chi connectivity index (χ0) is 18.0. The maximum atomic E-state index is 5.53. The third kappa shape index (κ3) is 5.90. The van der Waals surface area contributed by atoms with Crippen LogP contribution in [0.3, 0.4) is 0 Å². The molecular formula is C19H31N3O3. The number of methoxy groups -OCH3 is 2. The number of nitrogens with zero attached hydrogens (tertiary/aromatic N) is 1. The van der Waals surface area contributed by atoms with Crippen molar-refractivity contribution in [2.75, 3.05) is 54.2 Å². The molecule has 0 heterocycles. The second-order valence-electron chi connectivity index (χ2n) is 6.29. The average molecular weight is 349 g/mol. The molecule has 0 radical (unpaired) electrons. The van der Waals surface area contributed by atoms with Gasteiger partial charge < -0.3 is 24.8 Å². The van der Waals surface area contributed by atoms with E-state index in [9.17, 15) is 0 Å². The van der Waals surface area contributed by atoms with Crippen LogP contribution in [-0.4, -0.2) is 60.1 Å². The molecule has 25 heavy (non-hydrogen) atoms. The number of nitrogens with one attached hydrogen (secondary N) is 2. The van der Waals surface area contributed by atoms with Gasteiger partial charge in [0.05, 0.1) is 20.3 Å². The Labute approximate surface area is 151 Å². The molecule has 1 aromatic carbocycles. The van der Waals surface area contributed by atoms with Crippen molar-refractivity contribution in [3.8, 4) is 5.75 Å². The fraction of sp³-hybridized carbons (Fsp3) is 0.632. The molecule has 0 saturated heterocycles. The molecule has 0 spiro atoms. The summed E-state index contributed by atoms with van der Waals surface area (Å²) in [5.74, 6) is 1.80. The van der Waals surface area contributed by atoms with E-state index in [1.807, 2.05) is 12.1 Å². The third-order valence-electron chi connectivity index (χ3n) is 4.54. The molecule has 6 heteroatoms. The van der Waals surface area contributed by atoms with Gasteiger partial charge in [-0.15, -0.1) is 0 Å². The highest BCUT2D eigenvalue weighted by atomic mass is 16.5. The summed E-state index contributed by atoms with van der Waals surface area (Å²) in [5, 5.41) is 6.79. The number of rotatable bonds is 11. The quantitative estimate of drug-likeness (QED) is 0.363. The fourth-order valence-electron chi connectivity index (χ4n) is 2.87. The smallest absolute Gasteiger partial charge is 0.191 e. The van der Waals surface area contributed by atoms with Crippen molar-refractivity contribution < 1.29 is 14.2 Å². The van der Waals surface area contributed by atoms with Crippen LogP contribution in [0.4, 0.5) is 0 Å². The van der Waals surface area contributed by atoms with Crippen molar-refractivity contribution >= 4 is 5.96 Å². The Balaban J connectivity index is 1.73. The van der Waals surface area contributed by atoms with E-state index in [4.69, 9.17) is 14.2 Å². The van der Waals surface area contributed by atoms with Crippen LogP contribution >= 0.6 is 0 Å². The molecule has 0 amide bonds. The average Bonchev–Trinajstić information content (AvgIpc) is 3.44. The van der Waals surface area contributed by atoms with Crippen LogP contribution in [0.2, 0.25) is 0 Å². The monoisotopic (exact) mass is 349 g/mol. The van der Waals surface area contributed by atoms with Gasteiger partial charge in [-0.2, -0.15) is 0 Å². The number of ether oxygens (including phenoxy) is 3. The van der Waals surface area contributed by atoms with E-state index in [1.54, 1.807) is 21.3 Å². The number of guanidine groups is 1. The Hall–Kier alpha value is -1.79. The van der Waals surface area contributed by atoms with Crippen molar-refractivity contribution in [3.05, 3.63) is 29.8 Å². The van der Waals surface area contributed by atoms with Crippen LogP contribution in [0.1, 0.15) is 24.8 Å². The van der Waals surface area contributed by atoms with Gasteiger partial charge in [0.2, 0.25) is 0 Å². The largest absolute Gasteiger partial charge is 0.496 e. The van der Waals surface area contributed by atoms with Gasteiger partial charge in [0.25, 0.3) is 0 Å². The van der Waals surface area contributed by atoms with Crippen LogP contribution in [-0.2, 0) is 14.9 Å². The summed E-state index contributed by atoms with van der Waals surface area (Å²) in [6.07, 6.45) is 3.28. The van der Waals surface area contributed by atoms with Crippen molar-refractivity contribution in [1.82, 2.24) is 10.6 Å². The second kappa shape index (κ2) is 10.3. The number of benzene rings is 1. The van der Waals surface area contributed by atoms with E-state index >= 15 is 0 Å². The molecule has 2 N–H and O–H groups in total. The Morgan fingerprint density at radius 1 is 1.12 bits per heavy atom. The van der Waals surface area contributed by atoms with Crippen molar-refractivity contribution in [1.29, 1.82) is 0 Å². The summed E-state index contributed by atoms with van der Waals surface area (Å²) in [7, 11) is 5.21. The van der Waals surface area contributed by atoms with Crippen LogP contribution in [0.5, 0.6) is 5.75 Å². The van der Waals surface area contributed by atoms with E-state index in [-0.39, 0.29) is 5.41 Å². The molecule has 0 bridgehead atoms. The Morgan fingerprint density at radius 2 is 1.92 bits per heavy atom. The lowest BCUT2D eigenvalue weighted by atomic mass is 9.95. The molecule has 0 aromatic heterocycles. The van der Waals surface area contributed by atoms with Gasteiger partial charge in [-0.05, 0) is 25.3 Å². The van der Waals surface area contributed by atoms with Gasteiger partial charge in [-0.3, -0.25) is 4.99 Å². The van der Waals surface area contributed by atoms with Crippen LogP contribution in [0, 0.1) is 0 Å². The first-order valence-corrected chi connectivity index (χ1v) is 8.90. The number of hydrogen-bond acceptors (Lipinski definition) is 4. The van der Waals surface area contributed by atoms with Crippen molar-refractivity contribution in [2.45, 2.75) is 24.7 Å². The molecule has 1 aromatic rings. The summed E-state index contributed by atoms with van der Waals surface area (Å²) in [6.45, 7) is 3.69. The summed E-state index contributed by atoms with van der Waals surface area (Å²) in [5.41, 5.74) is 1.44. The third-order valence-corrected chi connectivity index (χ3v) is 4.54. The topological polar surface area (TPSA) is 64.1 Å². The predicted molar refractivity (Wildman–Crippen MR) is 101 cm³/mol. The molecule has 0 aliphatic heterocycles. The van der Waals surface area contributed by atoms with Crippen molar-refractivity contribution in [2.24, 2.45) is 4.99 Å². The summed E-state index contributed by atoms with van der Waals surface area (Å²) < 4.78 is 15.9.